The zero-order valence-electron chi connectivity index (χ0n) is 15.1. The van der Waals surface area contributed by atoms with Crippen LogP contribution in [0.4, 0.5) is 0 Å². The highest BCUT2D eigenvalue weighted by Gasteiger charge is 2.21. The van der Waals surface area contributed by atoms with Gasteiger partial charge >= 0.3 is 0 Å². The van der Waals surface area contributed by atoms with Gasteiger partial charge in [-0.15, -0.1) is 0 Å². The smallest absolute Gasteiger partial charge is 0.243 e. The van der Waals surface area contributed by atoms with E-state index in [1.807, 2.05) is 37.4 Å². The van der Waals surface area contributed by atoms with Crippen LogP contribution in [0.5, 0.6) is 0 Å². The summed E-state index contributed by atoms with van der Waals surface area (Å²) in [7, 11) is 0. The Morgan fingerprint density at radius 2 is 2.19 bits per heavy atom. The topological polar surface area (TPSA) is 64.7 Å². The molecule has 7 heteroatoms. The molecule has 0 radical (unpaired) electrons. The van der Waals surface area contributed by atoms with E-state index in [1.165, 1.54) is 0 Å². The third-order valence-electron chi connectivity index (χ3n) is 4.71. The average Bonchev–Trinajstić information content (AvgIpc) is 3.31. The second-order valence-corrected chi connectivity index (χ2v) is 7.65. The van der Waals surface area contributed by atoms with E-state index in [0.29, 0.717) is 6.54 Å². The van der Waals surface area contributed by atoms with E-state index in [-0.39, 0.29) is 11.9 Å². The van der Waals surface area contributed by atoms with E-state index in [2.05, 4.69) is 26.4 Å². The average molecular weight is 369 g/mol. The van der Waals surface area contributed by atoms with Gasteiger partial charge < -0.3 is 14.5 Å². The van der Waals surface area contributed by atoms with Crippen LogP contribution in [0.2, 0.25) is 0 Å². The Morgan fingerprint density at radius 3 is 3.00 bits per heavy atom. The second-order valence-electron chi connectivity index (χ2n) is 6.59. The van der Waals surface area contributed by atoms with Crippen LogP contribution in [0.3, 0.4) is 0 Å². The van der Waals surface area contributed by atoms with E-state index < -0.39 is 0 Å². The lowest BCUT2D eigenvalue weighted by atomic mass is 10.2. The first-order valence-corrected chi connectivity index (χ1v) is 10.1. The molecule has 3 heterocycles. The molecule has 1 amide bonds. The largest absolute Gasteiger partial charge is 0.349 e. The second kappa shape index (κ2) is 7.15. The Kier molecular flexibility index (Phi) is 4.72. The van der Waals surface area contributed by atoms with Crippen LogP contribution in [0.1, 0.15) is 37.8 Å². The van der Waals surface area contributed by atoms with Gasteiger partial charge in [-0.1, -0.05) is 30.8 Å². The fraction of sp³-hybridized carbons (Fsp3) is 0.421. The van der Waals surface area contributed by atoms with Gasteiger partial charge in [-0.3, -0.25) is 4.79 Å². The molecule has 0 fully saturated rings. The molecule has 1 aromatic carbocycles. The standard InChI is InChI=1S/C19H23N5OS/c1-3-6-17-22-15-7-4-5-8-16(15)24(17)13(2)18(25)20-11-14-12-23-9-10-26-19(23)21-14/h4-5,7-8,12-13H,3,6,9-11H2,1-2H3,(H,20,25). The van der Waals surface area contributed by atoms with Crippen molar-refractivity contribution >= 4 is 28.7 Å². The molecule has 0 saturated heterocycles. The maximum Gasteiger partial charge on any atom is 0.243 e. The van der Waals surface area contributed by atoms with Crippen molar-refractivity contribution in [2.75, 3.05) is 5.75 Å². The van der Waals surface area contributed by atoms with E-state index >= 15 is 0 Å². The van der Waals surface area contributed by atoms with Gasteiger partial charge in [0.05, 0.1) is 23.3 Å². The number of carbonyl (C=O) groups is 1. The van der Waals surface area contributed by atoms with Crippen molar-refractivity contribution in [2.24, 2.45) is 0 Å². The number of benzene rings is 1. The summed E-state index contributed by atoms with van der Waals surface area (Å²) in [6.45, 7) is 5.52. The Bertz CT molecular complexity index is 923. The highest BCUT2D eigenvalue weighted by atomic mass is 32.2. The Morgan fingerprint density at radius 1 is 1.35 bits per heavy atom. The summed E-state index contributed by atoms with van der Waals surface area (Å²) in [5.74, 6) is 2.04. The lowest BCUT2D eigenvalue weighted by Gasteiger charge is -2.17. The predicted molar refractivity (Wildman–Crippen MR) is 103 cm³/mol. The summed E-state index contributed by atoms with van der Waals surface area (Å²) >= 11 is 1.76. The number of thioether (sulfide) groups is 1. The molecule has 1 N–H and O–H groups in total. The highest BCUT2D eigenvalue weighted by molar-refractivity contribution is 7.99. The van der Waals surface area contributed by atoms with Gasteiger partial charge in [0.25, 0.3) is 0 Å². The number of aryl methyl sites for hydroxylation is 2. The summed E-state index contributed by atoms with van der Waals surface area (Å²) in [4.78, 5) is 22.1. The summed E-state index contributed by atoms with van der Waals surface area (Å²) < 4.78 is 4.22. The monoisotopic (exact) mass is 369 g/mol. The molecule has 6 nitrogen and oxygen atoms in total. The SMILES string of the molecule is CCCc1nc2ccccc2n1C(C)C(=O)NCc1cn2c(n1)SCC2. The lowest BCUT2D eigenvalue weighted by Crippen LogP contribution is -2.31. The Labute approximate surface area is 157 Å². The molecule has 0 aliphatic carbocycles. The first-order chi connectivity index (χ1) is 12.7. The molecule has 4 rings (SSSR count). The minimum Gasteiger partial charge on any atom is -0.349 e. The van der Waals surface area contributed by atoms with Crippen LogP contribution in [0.25, 0.3) is 11.0 Å². The number of aromatic nitrogens is 4. The number of amides is 1. The molecule has 2 aromatic heterocycles. The normalized spacial score (nSPS) is 14.5. The first kappa shape index (κ1) is 17.1. The van der Waals surface area contributed by atoms with Crippen LogP contribution < -0.4 is 5.32 Å². The van der Waals surface area contributed by atoms with Crippen molar-refractivity contribution in [3.8, 4) is 0 Å². The van der Waals surface area contributed by atoms with Crippen molar-refractivity contribution in [3.63, 3.8) is 0 Å². The minimum atomic E-state index is -0.312. The van der Waals surface area contributed by atoms with Crippen LogP contribution in [-0.4, -0.2) is 30.8 Å². The van der Waals surface area contributed by atoms with Crippen LogP contribution in [0.15, 0.2) is 35.6 Å². The molecule has 1 aliphatic heterocycles. The molecule has 0 spiro atoms. The number of rotatable bonds is 6. The fourth-order valence-electron chi connectivity index (χ4n) is 3.42. The third-order valence-corrected chi connectivity index (χ3v) is 5.68. The molecule has 0 bridgehead atoms. The number of nitrogens with one attached hydrogen (secondary N) is 1. The quantitative estimate of drug-likeness (QED) is 0.725. The molecule has 136 valence electrons. The summed E-state index contributed by atoms with van der Waals surface area (Å²) in [6, 6.07) is 7.69. The number of para-hydroxylation sites is 2. The maximum absolute atomic E-state index is 12.8. The fourth-order valence-corrected chi connectivity index (χ4v) is 4.38. The summed E-state index contributed by atoms with van der Waals surface area (Å²) in [5, 5.41) is 4.09. The third kappa shape index (κ3) is 3.11. The van der Waals surface area contributed by atoms with Crippen LogP contribution >= 0.6 is 11.8 Å². The number of hydrogen-bond acceptors (Lipinski definition) is 4. The van der Waals surface area contributed by atoms with Crippen molar-refractivity contribution in [3.05, 3.63) is 42.0 Å². The zero-order chi connectivity index (χ0) is 18.1. The van der Waals surface area contributed by atoms with Crippen LogP contribution in [-0.2, 0) is 24.3 Å². The van der Waals surface area contributed by atoms with Crippen LogP contribution in [0, 0.1) is 0 Å². The molecule has 1 aliphatic rings. The lowest BCUT2D eigenvalue weighted by molar-refractivity contribution is -0.124. The number of fused-ring (bicyclic) bond motifs is 2. The maximum atomic E-state index is 12.8. The predicted octanol–water partition coefficient (Wildman–Crippen LogP) is 3.17. The molecule has 3 aromatic rings. The highest BCUT2D eigenvalue weighted by Crippen LogP contribution is 2.25. The molecule has 1 unspecified atom stereocenters. The van der Waals surface area contributed by atoms with E-state index in [1.54, 1.807) is 11.8 Å². The van der Waals surface area contributed by atoms with E-state index in [0.717, 1.165) is 52.8 Å². The van der Waals surface area contributed by atoms with Gasteiger partial charge in [-0.25, -0.2) is 9.97 Å². The van der Waals surface area contributed by atoms with Crippen molar-refractivity contribution < 1.29 is 4.79 Å². The number of imidazole rings is 2. The molecular weight excluding hydrogens is 346 g/mol. The van der Waals surface area contributed by atoms with E-state index in [4.69, 9.17) is 4.98 Å². The molecule has 0 saturated carbocycles. The summed E-state index contributed by atoms with van der Waals surface area (Å²) in [5.41, 5.74) is 2.87. The molecule has 26 heavy (non-hydrogen) atoms. The van der Waals surface area contributed by atoms with Gasteiger partial charge in [0.15, 0.2) is 5.16 Å². The van der Waals surface area contributed by atoms with Gasteiger partial charge in [0.2, 0.25) is 5.91 Å². The van der Waals surface area contributed by atoms with Gasteiger partial charge in [0.1, 0.15) is 11.9 Å². The molecule has 1 atom stereocenters. The summed E-state index contributed by atoms with van der Waals surface area (Å²) in [6.07, 6.45) is 3.89. The number of nitrogens with zero attached hydrogens (tertiary/aromatic N) is 4. The molecular formula is C19H23N5OS. The van der Waals surface area contributed by atoms with E-state index in [9.17, 15) is 4.79 Å². The van der Waals surface area contributed by atoms with Gasteiger partial charge in [0, 0.05) is 24.9 Å². The number of hydrogen-bond donors (Lipinski definition) is 1. The van der Waals surface area contributed by atoms with Gasteiger partial charge in [-0.2, -0.15) is 0 Å². The van der Waals surface area contributed by atoms with Crippen molar-refractivity contribution in [1.82, 2.24) is 24.4 Å². The Balaban J connectivity index is 1.52. The Hall–Kier alpha value is -2.28. The van der Waals surface area contributed by atoms with Crippen molar-refractivity contribution in [2.45, 2.75) is 51.0 Å². The minimum absolute atomic E-state index is 0.00804. The zero-order valence-corrected chi connectivity index (χ0v) is 15.9. The van der Waals surface area contributed by atoms with Crippen molar-refractivity contribution in [1.29, 1.82) is 0 Å². The number of carbonyl (C=O) groups excluding carboxylic acids is 1. The van der Waals surface area contributed by atoms with Gasteiger partial charge in [-0.05, 0) is 25.5 Å². The first-order valence-electron chi connectivity index (χ1n) is 9.09.